The molecule has 1 saturated carbocycles. The number of benzene rings is 1. The molecule has 1 aliphatic rings. The van der Waals surface area contributed by atoms with Crippen molar-refractivity contribution in [2.24, 2.45) is 58.3 Å². The van der Waals surface area contributed by atoms with Crippen LogP contribution in [0.3, 0.4) is 0 Å². The number of thioether (sulfide) groups is 1. The number of para-hydroxylation sites is 1. The van der Waals surface area contributed by atoms with Crippen LogP contribution in [0.5, 0.6) is 0 Å². The molecular formula is C91H147N26O22S. The van der Waals surface area contributed by atoms with Crippen LogP contribution in [0.15, 0.2) is 43.0 Å². The summed E-state index contributed by atoms with van der Waals surface area (Å²) in [5, 5.41) is 69.0. The maximum atomic E-state index is 15.0. The van der Waals surface area contributed by atoms with E-state index in [0.29, 0.717) is 35.7 Å². The molecule has 18 amide bonds. The largest absolute Gasteiger partial charge is 0.481 e. The molecule has 2 unspecified atom stereocenters. The zero-order valence-corrected chi connectivity index (χ0v) is 82.6. The van der Waals surface area contributed by atoms with Crippen LogP contribution < -0.4 is 119 Å². The number of carboxylic acid groups (broad SMARTS) is 2. The number of hydrogen-bond acceptors (Lipinski definition) is 24. The summed E-state index contributed by atoms with van der Waals surface area (Å²) in [5.74, 6) is -22.6. The van der Waals surface area contributed by atoms with Gasteiger partial charge in [0.15, 0.2) is 5.96 Å². The number of aromatic nitrogens is 3. The molecule has 16 atom stereocenters. The van der Waals surface area contributed by atoms with Crippen LogP contribution in [0, 0.1) is 35.0 Å². The summed E-state index contributed by atoms with van der Waals surface area (Å²) in [5.41, 5.74) is 36.2. The standard InChI is InChI=1S/C91H147N26O22S/c1-13-49(8)73(116-81(131)60(30-33-69(120)121)114-89(139)91(10,11)117-88(138)72(48(6)7)115-86(136)71(95)51-22-14-15-23-51)87(137)108-59(29-32-68(94)119)79(129)110-63(38-46(2)3)82(132)107-61(34-37-140-12)80(130)113-66(41-53-44-99-45-102-53)85(135)106-58(28-31-67(93)118)78(128)105-56(27-19-21-36-100-90(97)98)76(126)103-50(9)75(125)104-57(26-18-20-35-92)77(127)112-65(40-52-43-101-55-25-17-16-24-54(52)55)84(134)111-64(39-47(4)5)83(133)109-62(74(96)124)42-70(122)123/h16-17,24-25,43-51,56-66,71-73,95,101H,13-15,18-23,26-42,92H2,1-12H3,(H2,93,118)(H2,94,119)(H2,96,124)(H,99,102)(H,103,126)(H,104,125)(H,105,128)(H,106,135)(H,107,132)(H,108,137)(H,109,133)(H,110,129)(H,111,134)(H,112,127)(H,113,130)(H,114,139)(H,115,136)(H,116,131)(H,117,138)(H,120,121)(H,122,123)(H4,97,98,100)/t49-,50-,56-,57-,58-,59-,60-,61-,62?,63-,64-,65-,66-,71?,72-,73-/m0/s1. The van der Waals surface area contributed by atoms with Crippen molar-refractivity contribution in [1.29, 1.82) is 5.41 Å². The number of guanidine groups is 1. The van der Waals surface area contributed by atoms with Crippen molar-refractivity contribution in [3.05, 3.63) is 54.2 Å². The van der Waals surface area contributed by atoms with Crippen molar-refractivity contribution < 1.29 is 106 Å². The summed E-state index contributed by atoms with van der Waals surface area (Å²) in [6, 6.07) is -15.8. The van der Waals surface area contributed by atoms with Crippen LogP contribution >= 0.6 is 11.8 Å². The van der Waals surface area contributed by atoms with E-state index in [-0.39, 0.29) is 113 Å². The predicted octanol–water partition coefficient (Wildman–Crippen LogP) is -3.09. The fraction of sp³-hybridized carbons (Fsp3) is 0.648. The van der Waals surface area contributed by atoms with E-state index in [0.717, 1.165) is 12.8 Å². The molecule has 1 aliphatic carbocycles. The Kier molecular flexibility index (Phi) is 51.1. The lowest BCUT2D eigenvalue weighted by molar-refractivity contribution is -0.141. The third-order valence-electron chi connectivity index (χ3n) is 23.6. The predicted molar refractivity (Wildman–Crippen MR) is 516 cm³/mol. The zero-order chi connectivity index (χ0) is 105. The highest BCUT2D eigenvalue weighted by Crippen LogP contribution is 2.28. The van der Waals surface area contributed by atoms with Gasteiger partial charge < -0.3 is 134 Å². The van der Waals surface area contributed by atoms with E-state index >= 15 is 0 Å². The number of H-pyrrole nitrogens is 2. The van der Waals surface area contributed by atoms with Crippen molar-refractivity contribution in [3.8, 4) is 0 Å². The van der Waals surface area contributed by atoms with Gasteiger partial charge in [0.2, 0.25) is 106 Å². The summed E-state index contributed by atoms with van der Waals surface area (Å²) < 4.78 is 0. The van der Waals surface area contributed by atoms with E-state index in [4.69, 9.17) is 39.8 Å². The van der Waals surface area contributed by atoms with Gasteiger partial charge in [-0.1, -0.05) is 92.9 Å². The number of aliphatic carboxylic acids is 2. The molecule has 3 aromatic rings. The van der Waals surface area contributed by atoms with Crippen LogP contribution in [0.1, 0.15) is 222 Å². The molecule has 0 bridgehead atoms. The minimum absolute atomic E-state index is 0.0393. The van der Waals surface area contributed by atoms with E-state index in [1.807, 2.05) is 0 Å². The smallest absolute Gasteiger partial charge is 0.305 e. The number of carboxylic acids is 2. The van der Waals surface area contributed by atoms with Crippen LogP contribution in [-0.4, -0.2) is 271 Å². The van der Waals surface area contributed by atoms with Crippen LogP contribution in [0.2, 0.25) is 0 Å². The maximum Gasteiger partial charge on any atom is 0.305 e. The Balaban J connectivity index is 1.64. The molecule has 779 valence electrons. The molecule has 0 saturated heterocycles. The van der Waals surface area contributed by atoms with Gasteiger partial charge in [-0.05, 0) is 170 Å². The Morgan fingerprint density at radius 1 is 0.493 bits per heavy atom. The number of aromatic amines is 2. The molecule has 1 aromatic carbocycles. The first-order chi connectivity index (χ1) is 65.9. The molecule has 32 N–H and O–H groups in total. The number of imidazole rings is 1. The Bertz CT molecular complexity index is 4720. The molecule has 0 spiro atoms. The first kappa shape index (κ1) is 119. The molecule has 2 aromatic heterocycles. The van der Waals surface area contributed by atoms with E-state index in [1.54, 1.807) is 92.1 Å². The molecule has 2 heterocycles. The summed E-state index contributed by atoms with van der Waals surface area (Å²) in [6.45, 7) is 17.5. The number of hydrogen-bond donors (Lipinski definition) is 26. The molecule has 49 heteroatoms. The lowest BCUT2D eigenvalue weighted by Crippen LogP contribution is -2.64. The van der Waals surface area contributed by atoms with E-state index < -0.39 is 277 Å². The minimum Gasteiger partial charge on any atom is -0.481 e. The first-order valence-corrected chi connectivity index (χ1v) is 48.7. The van der Waals surface area contributed by atoms with Gasteiger partial charge in [0.1, 0.15) is 96.2 Å². The van der Waals surface area contributed by atoms with E-state index in [9.17, 15) is 106 Å². The molecule has 1 fully saturated rings. The number of nitrogens with two attached hydrogens (primary N) is 5. The number of primary amides is 3. The molecule has 140 heavy (non-hydrogen) atoms. The SMILES string of the molecule is CC[C@H](C)[C@H](NC(=O)[C@H](CCC(=O)O)NC(=O)C(C)(C)NC(=O)[C@@H](NC(=O)C([NH])C1CCCC1)C(C)C)C(=O)N[C@@H](CCC(N)=O)C(=O)N[C@@H](CC(C)C)C(=O)N[C@@H](CCSC)C(=O)N[C@@H](Cc1cnc[nH]1)C(=O)N[C@@H](CCC(N)=O)C(=O)N[C@@H](CCCCNC(=N)N)C(=O)N[C@@H](C)C(=O)N[C@@H](CCCCN)C(=O)N[C@@H](Cc1c[nH]c2ccccc12)C(=O)N[C@@H](CC(C)C)C(=O)NC(CC(=O)O)C(N)=O. The zero-order valence-electron chi connectivity index (χ0n) is 81.8. The van der Waals surface area contributed by atoms with Crippen molar-refractivity contribution in [2.45, 2.75) is 320 Å². The second-order valence-corrected chi connectivity index (χ2v) is 38.0. The first-order valence-electron chi connectivity index (χ1n) is 47.3. The monoisotopic (exact) mass is 1990 g/mol. The molecule has 48 nitrogen and oxygen atoms in total. The van der Waals surface area contributed by atoms with Gasteiger partial charge in [-0.2, -0.15) is 11.8 Å². The second kappa shape index (κ2) is 60.0. The highest BCUT2D eigenvalue weighted by Gasteiger charge is 2.43. The lowest BCUT2D eigenvalue weighted by Gasteiger charge is -2.32. The summed E-state index contributed by atoms with van der Waals surface area (Å²) in [7, 11) is 0. The van der Waals surface area contributed by atoms with Crippen molar-refractivity contribution >= 4 is 147 Å². The topological polar surface area (TPSA) is 797 Å². The normalized spacial score (nSPS) is 15.5. The van der Waals surface area contributed by atoms with E-state index in [1.165, 1.54) is 45.1 Å². The fourth-order valence-corrected chi connectivity index (χ4v) is 15.8. The van der Waals surface area contributed by atoms with Crippen molar-refractivity contribution in [2.75, 3.05) is 25.1 Å². The van der Waals surface area contributed by atoms with Crippen LogP contribution in [0.25, 0.3) is 10.9 Å². The summed E-state index contributed by atoms with van der Waals surface area (Å²) in [6.07, 6.45) is 4.71. The minimum atomic E-state index is -1.84. The van der Waals surface area contributed by atoms with Crippen molar-refractivity contribution in [3.63, 3.8) is 0 Å². The van der Waals surface area contributed by atoms with Gasteiger partial charge >= 0.3 is 11.9 Å². The maximum absolute atomic E-state index is 15.0. The van der Waals surface area contributed by atoms with Gasteiger partial charge in [0.05, 0.1) is 12.7 Å². The van der Waals surface area contributed by atoms with Crippen LogP contribution in [0.4, 0.5) is 0 Å². The number of carbonyl (C=O) groups is 20. The third-order valence-corrected chi connectivity index (χ3v) is 24.2. The highest BCUT2D eigenvalue weighted by atomic mass is 32.2. The van der Waals surface area contributed by atoms with Crippen LogP contribution in [-0.2, 0) is 109 Å². The lowest BCUT2D eigenvalue weighted by atomic mass is 9.95. The summed E-state index contributed by atoms with van der Waals surface area (Å²) in [4.78, 5) is 288. The van der Waals surface area contributed by atoms with Gasteiger partial charge in [-0.15, -0.1) is 0 Å². The Labute approximate surface area is 817 Å². The van der Waals surface area contributed by atoms with Gasteiger partial charge in [0.25, 0.3) is 0 Å². The number of nitrogens with one attached hydrogen (secondary N) is 20. The number of rotatable bonds is 66. The molecule has 0 aliphatic heterocycles. The number of nitrogens with zero attached hydrogens (tertiary/aromatic N) is 1. The molecular weight excluding hydrogens is 1840 g/mol. The fourth-order valence-electron chi connectivity index (χ4n) is 15.4. The molecule has 1 radical (unpaired) electrons. The quantitative estimate of drug-likeness (QED) is 0.0151. The van der Waals surface area contributed by atoms with Gasteiger partial charge in [-0.25, -0.2) is 10.7 Å². The highest BCUT2D eigenvalue weighted by molar-refractivity contribution is 7.98. The average Bonchev–Trinajstić information content (AvgIpc) is 1.42. The Morgan fingerprint density at radius 2 is 0.936 bits per heavy atom. The molecule has 4 rings (SSSR count). The number of amides is 18. The second-order valence-electron chi connectivity index (χ2n) is 37.1. The number of fused-ring (bicyclic) bond motifs is 1. The summed E-state index contributed by atoms with van der Waals surface area (Å²) >= 11 is 1.26. The number of unbranched alkanes of at least 4 members (excludes halogenated alkanes) is 2. The third kappa shape index (κ3) is 41.9. The Hall–Kier alpha value is -13.1. The number of carbonyl (C=O) groups excluding carboxylic acids is 18. The average molecular weight is 1990 g/mol. The van der Waals surface area contributed by atoms with Crippen molar-refractivity contribution in [1.82, 2.24) is 106 Å². The van der Waals surface area contributed by atoms with Gasteiger partial charge in [0, 0.05) is 67.6 Å². The Morgan fingerprint density at radius 3 is 1.41 bits per heavy atom. The van der Waals surface area contributed by atoms with Gasteiger partial charge in [-0.3, -0.25) is 101 Å². The van der Waals surface area contributed by atoms with E-state index in [2.05, 4.69) is 100 Å².